The maximum absolute atomic E-state index is 10.7. The van der Waals surface area contributed by atoms with E-state index in [1.165, 1.54) is 0 Å². The Balaban J connectivity index is 3.72. The van der Waals surface area contributed by atoms with Gasteiger partial charge in [-0.05, 0) is 13.8 Å². The summed E-state index contributed by atoms with van der Waals surface area (Å²) in [5.74, 6) is -0.213. The van der Waals surface area contributed by atoms with E-state index in [9.17, 15) is 4.79 Å². The van der Waals surface area contributed by atoms with Gasteiger partial charge in [0.1, 0.15) is 5.78 Å². The molecule has 0 saturated carbocycles. The van der Waals surface area contributed by atoms with Gasteiger partial charge in [0.2, 0.25) is 0 Å². The zero-order chi connectivity index (χ0) is 8.20. The molecule has 0 fully saturated rings. The maximum Gasteiger partial charge on any atom is 0.149 e. The molecule has 0 aromatic heterocycles. The van der Waals surface area contributed by atoms with Gasteiger partial charge in [0.25, 0.3) is 0 Å². The number of ketones is 1. The molecule has 3 heteroatoms. The molecular weight excluding hydrogens is 130 g/mol. The van der Waals surface area contributed by atoms with Crippen LogP contribution in [-0.2, 0) is 4.79 Å². The van der Waals surface area contributed by atoms with Crippen molar-refractivity contribution in [3.63, 3.8) is 0 Å². The molecule has 3 nitrogen and oxygen atoms in total. The van der Waals surface area contributed by atoms with Crippen LogP contribution in [0.2, 0.25) is 0 Å². The molecule has 1 N–H and O–H groups in total. The number of hydrogen-bond acceptors (Lipinski definition) is 3. The van der Waals surface area contributed by atoms with Gasteiger partial charge in [-0.1, -0.05) is 0 Å². The highest BCUT2D eigenvalue weighted by Crippen LogP contribution is 2.08. The first-order valence-corrected chi connectivity index (χ1v) is 3.07. The molecule has 0 heterocycles. The second kappa shape index (κ2) is 3.33. The summed E-state index contributed by atoms with van der Waals surface area (Å²) in [7, 11) is 0. The first-order valence-electron chi connectivity index (χ1n) is 3.07. The Morgan fingerprint density at radius 3 is 2.50 bits per heavy atom. The molecule has 0 spiro atoms. The minimum absolute atomic E-state index is 0.0561. The minimum Gasteiger partial charge on any atom is -0.390 e. The smallest absolute Gasteiger partial charge is 0.149 e. The van der Waals surface area contributed by atoms with Crippen LogP contribution in [-0.4, -0.2) is 16.5 Å². The lowest BCUT2D eigenvalue weighted by Crippen LogP contribution is -2.22. The van der Waals surface area contributed by atoms with Gasteiger partial charge in [-0.15, -0.1) is 0 Å². The molecule has 56 valence electrons. The fourth-order valence-electron chi connectivity index (χ4n) is 0.633. The first kappa shape index (κ1) is 9.12. The quantitative estimate of drug-likeness (QED) is 0.627. The molecule has 0 bridgehead atoms. The van der Waals surface area contributed by atoms with Crippen LogP contribution in [0, 0.1) is 11.3 Å². The summed E-state index contributed by atoms with van der Waals surface area (Å²) in [6.07, 6.45) is -0.0510. The second-order valence-electron chi connectivity index (χ2n) is 2.86. The van der Waals surface area contributed by atoms with E-state index >= 15 is 0 Å². The molecule has 0 saturated heterocycles. The van der Waals surface area contributed by atoms with E-state index in [-0.39, 0.29) is 18.6 Å². The van der Waals surface area contributed by atoms with Gasteiger partial charge in [-0.3, -0.25) is 4.79 Å². The van der Waals surface area contributed by atoms with E-state index in [1.54, 1.807) is 19.9 Å². The van der Waals surface area contributed by atoms with Crippen molar-refractivity contribution < 1.29 is 9.90 Å². The molecule has 0 radical (unpaired) electrons. The minimum atomic E-state index is -0.978. The number of Topliss-reactive ketones (excluding diaryl/α,β-unsaturated/α-hetero) is 1. The molecule has 10 heavy (non-hydrogen) atoms. The normalized spacial score (nSPS) is 10.6. The van der Waals surface area contributed by atoms with Gasteiger partial charge in [-0.25, -0.2) is 0 Å². The van der Waals surface area contributed by atoms with Crippen LogP contribution < -0.4 is 0 Å². The largest absolute Gasteiger partial charge is 0.390 e. The van der Waals surface area contributed by atoms with Gasteiger partial charge in [0.15, 0.2) is 0 Å². The monoisotopic (exact) mass is 141 g/mol. The number of carbonyl (C=O) groups is 1. The van der Waals surface area contributed by atoms with Gasteiger partial charge < -0.3 is 5.11 Å². The lowest BCUT2D eigenvalue weighted by atomic mass is 10.0. The molecule has 0 aromatic rings. The number of hydrogen-bond donors (Lipinski definition) is 1. The summed E-state index contributed by atoms with van der Waals surface area (Å²) < 4.78 is 0. The third-order valence-electron chi connectivity index (χ3n) is 0.906. The first-order chi connectivity index (χ1) is 4.45. The van der Waals surface area contributed by atoms with Crippen molar-refractivity contribution in [1.82, 2.24) is 0 Å². The third kappa shape index (κ3) is 5.26. The van der Waals surface area contributed by atoms with Crippen LogP contribution in [0.5, 0.6) is 0 Å². The van der Waals surface area contributed by atoms with Crippen molar-refractivity contribution in [2.75, 3.05) is 0 Å². The Morgan fingerprint density at radius 1 is 1.70 bits per heavy atom. The summed E-state index contributed by atoms with van der Waals surface area (Å²) in [5.41, 5.74) is -0.978. The van der Waals surface area contributed by atoms with E-state index in [0.717, 1.165) is 0 Å². The number of aliphatic hydroxyl groups is 1. The molecule has 0 amide bonds. The van der Waals surface area contributed by atoms with Crippen LogP contribution in [0.1, 0.15) is 26.7 Å². The fourth-order valence-corrected chi connectivity index (χ4v) is 0.633. The van der Waals surface area contributed by atoms with Crippen molar-refractivity contribution in [2.24, 2.45) is 0 Å². The zero-order valence-corrected chi connectivity index (χ0v) is 6.22. The summed E-state index contributed by atoms with van der Waals surface area (Å²) >= 11 is 0. The highest BCUT2D eigenvalue weighted by molar-refractivity contribution is 5.81. The van der Waals surface area contributed by atoms with Crippen molar-refractivity contribution >= 4 is 5.78 Å². The van der Waals surface area contributed by atoms with Gasteiger partial charge >= 0.3 is 0 Å². The van der Waals surface area contributed by atoms with Crippen molar-refractivity contribution in [3.8, 4) is 6.07 Å². The summed E-state index contributed by atoms with van der Waals surface area (Å²) in [6, 6.07) is 1.73. The maximum atomic E-state index is 10.7. The zero-order valence-electron chi connectivity index (χ0n) is 6.22. The number of rotatable bonds is 3. The van der Waals surface area contributed by atoms with E-state index < -0.39 is 5.60 Å². The Kier molecular flexibility index (Phi) is 3.04. The molecule has 0 unspecified atom stereocenters. The molecule has 0 aromatic carbocycles. The van der Waals surface area contributed by atoms with Crippen molar-refractivity contribution in [3.05, 3.63) is 0 Å². The summed E-state index contributed by atoms with van der Waals surface area (Å²) in [5, 5.41) is 17.2. The van der Waals surface area contributed by atoms with Gasteiger partial charge in [-0.2, -0.15) is 5.26 Å². The van der Waals surface area contributed by atoms with Crippen LogP contribution in [0.3, 0.4) is 0 Å². The van der Waals surface area contributed by atoms with E-state index in [4.69, 9.17) is 10.4 Å². The lowest BCUT2D eigenvalue weighted by Gasteiger charge is -2.13. The topological polar surface area (TPSA) is 61.1 Å². The molecule has 0 aliphatic carbocycles. The average molecular weight is 141 g/mol. The van der Waals surface area contributed by atoms with E-state index in [1.807, 2.05) is 0 Å². The number of carbonyl (C=O) groups excluding carboxylic acids is 1. The van der Waals surface area contributed by atoms with Crippen LogP contribution >= 0.6 is 0 Å². The third-order valence-corrected chi connectivity index (χ3v) is 0.906. The molecule has 0 aliphatic heterocycles. The lowest BCUT2D eigenvalue weighted by molar-refractivity contribution is -0.121. The summed E-state index contributed by atoms with van der Waals surface area (Å²) in [6.45, 7) is 3.09. The number of nitrogens with zero attached hydrogens (tertiary/aromatic N) is 1. The number of nitriles is 1. The Morgan fingerprint density at radius 2 is 2.20 bits per heavy atom. The highest BCUT2D eigenvalue weighted by Gasteiger charge is 2.16. The van der Waals surface area contributed by atoms with Crippen molar-refractivity contribution in [1.29, 1.82) is 5.26 Å². The molecule has 0 atom stereocenters. The standard InChI is InChI=1S/C7H11NO2/c1-7(2,10)5-6(9)3-4-8/h10H,3,5H2,1-2H3. The molecular formula is C7H11NO2. The van der Waals surface area contributed by atoms with E-state index in [2.05, 4.69) is 0 Å². The van der Waals surface area contributed by atoms with Gasteiger partial charge in [0, 0.05) is 6.42 Å². The molecule has 0 rings (SSSR count). The second-order valence-corrected chi connectivity index (χ2v) is 2.86. The van der Waals surface area contributed by atoms with Crippen molar-refractivity contribution in [2.45, 2.75) is 32.3 Å². The van der Waals surface area contributed by atoms with Crippen LogP contribution in [0.25, 0.3) is 0 Å². The Hall–Kier alpha value is -0.880. The summed E-state index contributed by atoms with van der Waals surface area (Å²) in [4.78, 5) is 10.7. The molecule has 0 aliphatic rings. The fraction of sp³-hybridized carbons (Fsp3) is 0.714. The predicted octanol–water partition coefficient (Wildman–Crippen LogP) is 0.630. The predicted molar refractivity (Wildman–Crippen MR) is 36.2 cm³/mol. The van der Waals surface area contributed by atoms with Gasteiger partial charge in [0.05, 0.1) is 18.1 Å². The van der Waals surface area contributed by atoms with E-state index in [0.29, 0.717) is 0 Å². The SMILES string of the molecule is CC(C)(O)CC(=O)CC#N. The van der Waals surface area contributed by atoms with Crippen LogP contribution in [0.4, 0.5) is 0 Å². The Labute approximate surface area is 60.3 Å². The highest BCUT2D eigenvalue weighted by atomic mass is 16.3. The Bertz CT molecular complexity index is 161. The van der Waals surface area contributed by atoms with Crippen LogP contribution in [0.15, 0.2) is 0 Å². The average Bonchev–Trinajstić information content (AvgIpc) is 1.59.